The zero-order chi connectivity index (χ0) is 13.6. The molecule has 0 aliphatic heterocycles. The van der Waals surface area contributed by atoms with Gasteiger partial charge >= 0.3 is 5.97 Å². The highest BCUT2D eigenvalue weighted by molar-refractivity contribution is 5.87. The van der Waals surface area contributed by atoms with Gasteiger partial charge in [-0.15, -0.1) is 0 Å². The van der Waals surface area contributed by atoms with Gasteiger partial charge in [-0.1, -0.05) is 6.92 Å². The molecule has 0 aliphatic rings. The SMILES string of the molecule is CC(C(=O)CO)C(O)C(O)C(=O)NCC(=O)O. The molecule has 0 rings (SSSR count). The smallest absolute Gasteiger partial charge is 0.322 e. The van der Waals surface area contributed by atoms with Crippen LogP contribution in [-0.2, 0) is 14.4 Å². The van der Waals surface area contributed by atoms with Gasteiger partial charge in [0.2, 0.25) is 0 Å². The second kappa shape index (κ2) is 6.94. The fourth-order valence-corrected chi connectivity index (χ4v) is 1.03. The zero-order valence-corrected chi connectivity index (χ0v) is 9.16. The summed E-state index contributed by atoms with van der Waals surface area (Å²) in [4.78, 5) is 32.3. The Hall–Kier alpha value is -1.51. The van der Waals surface area contributed by atoms with E-state index < -0.39 is 48.9 Å². The van der Waals surface area contributed by atoms with E-state index >= 15 is 0 Å². The molecule has 0 spiro atoms. The van der Waals surface area contributed by atoms with Crippen LogP contribution < -0.4 is 5.32 Å². The minimum absolute atomic E-state index is 0.703. The Morgan fingerprint density at radius 3 is 2.18 bits per heavy atom. The Labute approximate surface area is 96.9 Å². The van der Waals surface area contributed by atoms with Gasteiger partial charge in [0.15, 0.2) is 11.9 Å². The van der Waals surface area contributed by atoms with Gasteiger partial charge in [-0.2, -0.15) is 0 Å². The van der Waals surface area contributed by atoms with Gasteiger partial charge in [-0.3, -0.25) is 14.4 Å². The van der Waals surface area contributed by atoms with Gasteiger partial charge in [0.05, 0.1) is 6.10 Å². The number of nitrogens with one attached hydrogen (secondary N) is 1. The fraction of sp³-hybridized carbons (Fsp3) is 0.667. The van der Waals surface area contributed by atoms with Gasteiger partial charge in [0.25, 0.3) is 5.91 Å². The average Bonchev–Trinajstić information content (AvgIpc) is 2.31. The first kappa shape index (κ1) is 15.5. The number of carboxylic acids is 1. The second-order valence-corrected chi connectivity index (χ2v) is 3.46. The Kier molecular flexibility index (Phi) is 6.33. The monoisotopic (exact) mass is 249 g/mol. The molecule has 0 aromatic rings. The maximum atomic E-state index is 11.1. The van der Waals surface area contributed by atoms with Crippen molar-refractivity contribution in [3.63, 3.8) is 0 Å². The lowest BCUT2D eigenvalue weighted by Gasteiger charge is -2.21. The molecule has 3 atom stereocenters. The van der Waals surface area contributed by atoms with E-state index in [-0.39, 0.29) is 0 Å². The maximum Gasteiger partial charge on any atom is 0.322 e. The van der Waals surface area contributed by atoms with E-state index in [1.807, 2.05) is 5.32 Å². The van der Waals surface area contributed by atoms with Crippen molar-refractivity contribution < 1.29 is 34.8 Å². The third kappa shape index (κ3) is 4.89. The molecular weight excluding hydrogens is 234 g/mol. The number of carbonyl (C=O) groups excluding carboxylic acids is 2. The summed E-state index contributed by atoms with van der Waals surface area (Å²) in [7, 11) is 0. The highest BCUT2D eigenvalue weighted by Crippen LogP contribution is 2.09. The molecule has 1 amide bonds. The number of ketones is 1. The largest absolute Gasteiger partial charge is 0.480 e. The standard InChI is InChI=1S/C9H15NO7/c1-4(5(12)3-11)7(15)8(16)9(17)10-2-6(13)14/h4,7-8,11,15-16H,2-3H2,1H3,(H,10,17)(H,13,14). The normalized spacial score (nSPS) is 15.8. The van der Waals surface area contributed by atoms with Gasteiger partial charge < -0.3 is 25.7 Å². The van der Waals surface area contributed by atoms with E-state index in [9.17, 15) is 24.6 Å². The van der Waals surface area contributed by atoms with Crippen LogP contribution in [0.4, 0.5) is 0 Å². The summed E-state index contributed by atoms with van der Waals surface area (Å²) in [6.45, 7) is -0.288. The molecule has 8 nitrogen and oxygen atoms in total. The second-order valence-electron chi connectivity index (χ2n) is 3.46. The van der Waals surface area contributed by atoms with Crippen LogP contribution in [0.3, 0.4) is 0 Å². The van der Waals surface area contributed by atoms with Crippen molar-refractivity contribution >= 4 is 17.7 Å². The summed E-state index contributed by atoms with van der Waals surface area (Å²) < 4.78 is 0. The number of carboxylic acid groups (broad SMARTS) is 1. The van der Waals surface area contributed by atoms with Crippen LogP contribution in [0.2, 0.25) is 0 Å². The van der Waals surface area contributed by atoms with E-state index in [0.717, 1.165) is 0 Å². The highest BCUT2D eigenvalue weighted by Gasteiger charge is 2.32. The van der Waals surface area contributed by atoms with Crippen LogP contribution in [0, 0.1) is 5.92 Å². The van der Waals surface area contributed by atoms with E-state index in [0.29, 0.717) is 0 Å². The van der Waals surface area contributed by atoms with Crippen LogP contribution >= 0.6 is 0 Å². The Bertz CT molecular complexity index is 304. The predicted molar refractivity (Wildman–Crippen MR) is 53.9 cm³/mol. The zero-order valence-electron chi connectivity index (χ0n) is 9.16. The molecule has 0 radical (unpaired) electrons. The summed E-state index contributed by atoms with van der Waals surface area (Å²) in [5, 5.41) is 37.4. The third-order valence-electron chi connectivity index (χ3n) is 2.18. The molecule has 0 saturated carbocycles. The number of carbonyl (C=O) groups is 3. The summed E-state index contributed by atoms with van der Waals surface area (Å²) in [6, 6.07) is 0. The van der Waals surface area contributed by atoms with Crippen molar-refractivity contribution in [1.82, 2.24) is 5.32 Å². The Morgan fingerprint density at radius 2 is 1.76 bits per heavy atom. The molecule has 98 valence electrons. The van der Waals surface area contributed by atoms with Crippen molar-refractivity contribution in [2.45, 2.75) is 19.1 Å². The number of aliphatic hydroxyl groups is 3. The summed E-state index contributed by atoms with van der Waals surface area (Å²) in [5.74, 6) is -4.27. The number of aliphatic carboxylic acids is 1. The van der Waals surface area contributed by atoms with Crippen LogP contribution in [0.1, 0.15) is 6.92 Å². The Balaban J connectivity index is 4.38. The van der Waals surface area contributed by atoms with Crippen LogP contribution in [0.15, 0.2) is 0 Å². The quantitative estimate of drug-likeness (QED) is 0.325. The Morgan fingerprint density at radius 1 is 1.24 bits per heavy atom. The molecule has 0 saturated heterocycles. The summed E-state index contributed by atoms with van der Waals surface area (Å²) >= 11 is 0. The van der Waals surface area contributed by atoms with Crippen molar-refractivity contribution in [2.75, 3.05) is 13.2 Å². The number of rotatable bonds is 7. The van der Waals surface area contributed by atoms with E-state index in [2.05, 4.69) is 0 Å². The highest BCUT2D eigenvalue weighted by atomic mass is 16.4. The van der Waals surface area contributed by atoms with Crippen molar-refractivity contribution in [1.29, 1.82) is 0 Å². The first-order chi connectivity index (χ1) is 7.81. The number of aliphatic hydroxyl groups excluding tert-OH is 3. The predicted octanol–water partition coefficient (Wildman–Crippen LogP) is -2.89. The van der Waals surface area contributed by atoms with Gasteiger partial charge in [0.1, 0.15) is 13.2 Å². The topological polar surface area (TPSA) is 144 Å². The van der Waals surface area contributed by atoms with E-state index in [4.69, 9.17) is 10.2 Å². The fourth-order valence-electron chi connectivity index (χ4n) is 1.03. The summed E-state index contributed by atoms with van der Waals surface area (Å²) in [6.07, 6.45) is -3.64. The number of Topliss-reactive ketones (excluding diaryl/α,β-unsaturated/α-hetero) is 1. The van der Waals surface area contributed by atoms with E-state index in [1.165, 1.54) is 6.92 Å². The van der Waals surface area contributed by atoms with Gasteiger partial charge in [-0.05, 0) is 0 Å². The van der Waals surface area contributed by atoms with Crippen LogP contribution in [0.25, 0.3) is 0 Å². The first-order valence-corrected chi connectivity index (χ1v) is 4.80. The van der Waals surface area contributed by atoms with Crippen LogP contribution in [0.5, 0.6) is 0 Å². The minimum atomic E-state index is -1.93. The minimum Gasteiger partial charge on any atom is -0.480 e. The van der Waals surface area contributed by atoms with Crippen molar-refractivity contribution in [3.8, 4) is 0 Å². The van der Waals surface area contributed by atoms with Crippen LogP contribution in [-0.4, -0.2) is 63.4 Å². The third-order valence-corrected chi connectivity index (χ3v) is 2.18. The van der Waals surface area contributed by atoms with Gasteiger partial charge in [0, 0.05) is 5.92 Å². The lowest BCUT2D eigenvalue weighted by atomic mass is 9.95. The average molecular weight is 249 g/mol. The molecule has 17 heavy (non-hydrogen) atoms. The number of hydrogen-bond acceptors (Lipinski definition) is 6. The molecule has 0 aromatic heterocycles. The summed E-state index contributed by atoms with van der Waals surface area (Å²) in [5.41, 5.74) is 0. The maximum absolute atomic E-state index is 11.1. The van der Waals surface area contributed by atoms with E-state index in [1.54, 1.807) is 0 Å². The molecule has 0 bridgehead atoms. The number of hydrogen-bond donors (Lipinski definition) is 5. The lowest BCUT2D eigenvalue weighted by molar-refractivity contribution is -0.145. The number of amides is 1. The molecule has 8 heteroatoms. The van der Waals surface area contributed by atoms with Crippen molar-refractivity contribution in [2.24, 2.45) is 5.92 Å². The molecule has 3 unspecified atom stereocenters. The molecule has 5 N–H and O–H groups in total. The molecule has 0 aliphatic carbocycles. The molecule has 0 fully saturated rings. The van der Waals surface area contributed by atoms with Gasteiger partial charge in [-0.25, -0.2) is 0 Å². The molecule has 0 aromatic carbocycles. The lowest BCUT2D eigenvalue weighted by Crippen LogP contribution is -2.47. The van der Waals surface area contributed by atoms with Crippen molar-refractivity contribution in [3.05, 3.63) is 0 Å². The molecular formula is C9H15NO7. The molecule has 0 heterocycles. The first-order valence-electron chi connectivity index (χ1n) is 4.80.